The van der Waals surface area contributed by atoms with E-state index in [1.807, 2.05) is 36.4 Å². The first-order valence-corrected chi connectivity index (χ1v) is 6.47. The minimum atomic E-state index is -0.685. The van der Waals surface area contributed by atoms with Crippen LogP contribution in [0, 0.1) is 0 Å². The van der Waals surface area contributed by atoms with Gasteiger partial charge in [-0.2, -0.15) is 0 Å². The zero-order valence-corrected chi connectivity index (χ0v) is 11.3. The van der Waals surface area contributed by atoms with Crippen LogP contribution in [-0.2, 0) is 9.53 Å². The van der Waals surface area contributed by atoms with E-state index in [1.54, 1.807) is 6.07 Å². The van der Waals surface area contributed by atoms with Gasteiger partial charge in [0.15, 0.2) is 5.78 Å². The van der Waals surface area contributed by atoms with Crippen LogP contribution in [0.5, 0.6) is 0 Å². The normalized spacial score (nSPS) is 12.1. The summed E-state index contributed by atoms with van der Waals surface area (Å²) in [5, 5.41) is 2.07. The number of rotatable bonds is 5. The molecule has 0 bridgehead atoms. The Morgan fingerprint density at radius 1 is 1.15 bits per heavy atom. The first-order chi connectivity index (χ1) is 9.61. The Bertz CT molecular complexity index is 636. The maximum Gasteiger partial charge on any atom is 0.305 e. The lowest BCUT2D eigenvalue weighted by Gasteiger charge is -2.10. The highest BCUT2D eigenvalue weighted by atomic mass is 16.5. The zero-order valence-electron chi connectivity index (χ0n) is 11.3. The van der Waals surface area contributed by atoms with Gasteiger partial charge in [-0.15, -0.1) is 0 Å². The molecule has 0 radical (unpaired) electrons. The fourth-order valence-corrected chi connectivity index (χ4v) is 2.06. The van der Waals surface area contributed by atoms with Gasteiger partial charge in [0.2, 0.25) is 0 Å². The van der Waals surface area contributed by atoms with Crippen LogP contribution in [0.15, 0.2) is 42.5 Å². The Morgan fingerprint density at radius 3 is 2.55 bits per heavy atom. The highest BCUT2D eigenvalue weighted by Gasteiger charge is 2.17. The average molecular weight is 271 g/mol. The Morgan fingerprint density at radius 2 is 1.85 bits per heavy atom. The maximum atomic E-state index is 12.2. The molecule has 0 fully saturated rings. The topological polar surface area (TPSA) is 69.4 Å². The van der Waals surface area contributed by atoms with Crippen LogP contribution in [0.2, 0.25) is 0 Å². The van der Waals surface area contributed by atoms with E-state index in [9.17, 15) is 9.59 Å². The van der Waals surface area contributed by atoms with Crippen LogP contribution in [0.3, 0.4) is 0 Å². The molecule has 1 atom stereocenters. The minimum Gasteiger partial charge on any atom is -0.469 e. The van der Waals surface area contributed by atoms with Gasteiger partial charge >= 0.3 is 5.97 Å². The molecule has 0 aromatic heterocycles. The zero-order chi connectivity index (χ0) is 14.5. The number of fused-ring (bicyclic) bond motifs is 1. The standard InChI is InChI=1S/C16H17NO3/c1-20-15(18)9-8-14(17)16(19)13-7-6-11-4-2-3-5-12(11)10-13/h2-7,10,14H,8-9,17H2,1H3. The van der Waals surface area contributed by atoms with Gasteiger partial charge in [-0.05, 0) is 23.3 Å². The van der Waals surface area contributed by atoms with Crippen molar-refractivity contribution in [1.29, 1.82) is 0 Å². The van der Waals surface area contributed by atoms with Crippen molar-refractivity contribution in [3.05, 3.63) is 48.0 Å². The molecular weight excluding hydrogens is 254 g/mol. The number of methoxy groups -OCH3 is 1. The van der Waals surface area contributed by atoms with Crippen molar-refractivity contribution in [2.45, 2.75) is 18.9 Å². The molecule has 104 valence electrons. The van der Waals surface area contributed by atoms with Gasteiger partial charge in [0.05, 0.1) is 13.2 Å². The van der Waals surface area contributed by atoms with E-state index >= 15 is 0 Å². The Labute approximate surface area is 117 Å². The van der Waals surface area contributed by atoms with Crippen molar-refractivity contribution >= 4 is 22.5 Å². The lowest BCUT2D eigenvalue weighted by atomic mass is 9.98. The molecule has 4 nitrogen and oxygen atoms in total. The molecule has 0 spiro atoms. The van der Waals surface area contributed by atoms with Crippen molar-refractivity contribution < 1.29 is 14.3 Å². The van der Waals surface area contributed by atoms with Crippen LogP contribution >= 0.6 is 0 Å². The van der Waals surface area contributed by atoms with Gasteiger partial charge in [-0.1, -0.05) is 36.4 Å². The quantitative estimate of drug-likeness (QED) is 0.669. The molecule has 0 amide bonds. The van der Waals surface area contributed by atoms with Crippen molar-refractivity contribution in [3.63, 3.8) is 0 Å². The molecule has 2 rings (SSSR count). The molecule has 4 heteroatoms. The fourth-order valence-electron chi connectivity index (χ4n) is 2.06. The number of ether oxygens (including phenoxy) is 1. The van der Waals surface area contributed by atoms with Crippen LogP contribution in [0.1, 0.15) is 23.2 Å². The number of hydrogen-bond acceptors (Lipinski definition) is 4. The van der Waals surface area contributed by atoms with E-state index in [2.05, 4.69) is 4.74 Å². The summed E-state index contributed by atoms with van der Waals surface area (Å²) in [5.74, 6) is -0.508. The van der Waals surface area contributed by atoms with E-state index in [1.165, 1.54) is 7.11 Å². The molecule has 0 aliphatic rings. The summed E-state index contributed by atoms with van der Waals surface area (Å²) in [6, 6.07) is 12.6. The average Bonchev–Trinajstić information content (AvgIpc) is 2.50. The molecule has 20 heavy (non-hydrogen) atoms. The van der Waals surface area contributed by atoms with Crippen LogP contribution in [0.25, 0.3) is 10.8 Å². The molecule has 0 aliphatic carbocycles. The second-order valence-electron chi connectivity index (χ2n) is 4.65. The second-order valence-corrected chi connectivity index (χ2v) is 4.65. The number of esters is 1. The first kappa shape index (κ1) is 14.2. The van der Waals surface area contributed by atoms with Gasteiger partial charge in [-0.3, -0.25) is 9.59 Å². The summed E-state index contributed by atoms with van der Waals surface area (Å²) in [5.41, 5.74) is 6.41. The van der Waals surface area contributed by atoms with E-state index in [0.29, 0.717) is 12.0 Å². The fraction of sp³-hybridized carbons (Fsp3) is 0.250. The van der Waals surface area contributed by atoms with Gasteiger partial charge in [0.25, 0.3) is 0 Å². The number of carbonyl (C=O) groups excluding carboxylic acids is 2. The number of hydrogen-bond donors (Lipinski definition) is 1. The van der Waals surface area contributed by atoms with Crippen LogP contribution in [0.4, 0.5) is 0 Å². The third kappa shape index (κ3) is 3.22. The highest BCUT2D eigenvalue weighted by molar-refractivity contribution is 6.03. The molecular formula is C16H17NO3. The largest absolute Gasteiger partial charge is 0.469 e. The summed E-state index contributed by atoms with van der Waals surface area (Å²) in [7, 11) is 1.32. The summed E-state index contributed by atoms with van der Waals surface area (Å²) >= 11 is 0. The number of Topliss-reactive ketones (excluding diaryl/α,β-unsaturated/α-hetero) is 1. The molecule has 2 aromatic rings. The maximum absolute atomic E-state index is 12.2. The number of nitrogens with two attached hydrogens (primary N) is 1. The minimum absolute atomic E-state index is 0.150. The smallest absolute Gasteiger partial charge is 0.305 e. The van der Waals surface area contributed by atoms with Crippen LogP contribution < -0.4 is 5.73 Å². The van der Waals surface area contributed by atoms with E-state index in [4.69, 9.17) is 5.73 Å². The van der Waals surface area contributed by atoms with Crippen molar-refractivity contribution in [2.24, 2.45) is 5.73 Å². The van der Waals surface area contributed by atoms with Crippen LogP contribution in [-0.4, -0.2) is 24.9 Å². The SMILES string of the molecule is COC(=O)CCC(N)C(=O)c1ccc2ccccc2c1. The van der Waals surface area contributed by atoms with E-state index in [0.717, 1.165) is 10.8 Å². The number of carbonyl (C=O) groups is 2. The van der Waals surface area contributed by atoms with E-state index < -0.39 is 6.04 Å². The lowest BCUT2D eigenvalue weighted by molar-refractivity contribution is -0.140. The predicted octanol–water partition coefficient (Wildman–Crippen LogP) is 2.30. The van der Waals surface area contributed by atoms with E-state index in [-0.39, 0.29) is 18.2 Å². The van der Waals surface area contributed by atoms with Gasteiger partial charge in [-0.25, -0.2) is 0 Å². The molecule has 0 saturated carbocycles. The number of ketones is 1. The summed E-state index contributed by atoms with van der Waals surface area (Å²) in [4.78, 5) is 23.3. The summed E-state index contributed by atoms with van der Waals surface area (Å²) in [6.45, 7) is 0. The molecule has 2 aromatic carbocycles. The van der Waals surface area contributed by atoms with Gasteiger partial charge < -0.3 is 10.5 Å². The lowest BCUT2D eigenvalue weighted by Crippen LogP contribution is -2.31. The predicted molar refractivity (Wildman–Crippen MR) is 77.5 cm³/mol. The summed E-state index contributed by atoms with van der Waals surface area (Å²) in [6.07, 6.45) is 0.440. The van der Waals surface area contributed by atoms with Crippen molar-refractivity contribution in [2.75, 3.05) is 7.11 Å². The van der Waals surface area contributed by atoms with Crippen molar-refractivity contribution in [3.8, 4) is 0 Å². The highest BCUT2D eigenvalue weighted by Crippen LogP contribution is 2.17. The monoisotopic (exact) mass is 271 g/mol. The molecule has 2 N–H and O–H groups in total. The Hall–Kier alpha value is -2.20. The first-order valence-electron chi connectivity index (χ1n) is 6.47. The molecule has 0 aliphatic heterocycles. The summed E-state index contributed by atoms with van der Waals surface area (Å²) < 4.78 is 4.54. The Kier molecular flexibility index (Phi) is 4.48. The third-order valence-electron chi connectivity index (χ3n) is 3.26. The molecule has 1 unspecified atom stereocenters. The van der Waals surface area contributed by atoms with Crippen molar-refractivity contribution in [1.82, 2.24) is 0 Å². The van der Waals surface area contributed by atoms with Gasteiger partial charge in [0.1, 0.15) is 0 Å². The number of benzene rings is 2. The Balaban J connectivity index is 2.12. The molecule has 0 saturated heterocycles. The molecule has 0 heterocycles. The van der Waals surface area contributed by atoms with Gasteiger partial charge in [0, 0.05) is 12.0 Å². The third-order valence-corrected chi connectivity index (χ3v) is 3.26. The second kappa shape index (κ2) is 6.30.